The van der Waals surface area contributed by atoms with E-state index in [1.54, 1.807) is 24.4 Å². The van der Waals surface area contributed by atoms with Crippen LogP contribution in [0.4, 0.5) is 0 Å². The minimum absolute atomic E-state index is 0.0560. The average molecular weight is 442 g/mol. The van der Waals surface area contributed by atoms with Crippen molar-refractivity contribution in [2.45, 2.75) is 24.7 Å². The van der Waals surface area contributed by atoms with Crippen LogP contribution in [-0.2, 0) is 30.4 Å². The number of ether oxygens (including phenoxy) is 1. The lowest BCUT2D eigenvalue weighted by molar-refractivity contribution is -0.129. The van der Waals surface area contributed by atoms with Crippen LogP contribution in [0.2, 0.25) is 0 Å². The summed E-state index contributed by atoms with van der Waals surface area (Å²) < 4.78 is 35.4. The zero-order chi connectivity index (χ0) is 22.1. The fourth-order valence-corrected chi connectivity index (χ4v) is 4.09. The van der Waals surface area contributed by atoms with Crippen molar-refractivity contribution in [3.63, 3.8) is 0 Å². The molecule has 1 fully saturated rings. The van der Waals surface area contributed by atoms with Gasteiger partial charge in [0.15, 0.2) is 0 Å². The molecule has 0 spiro atoms. The number of aromatic nitrogens is 1. The third kappa shape index (κ3) is 4.53. The molecule has 0 bridgehead atoms. The fourth-order valence-electron chi connectivity index (χ4n) is 3.68. The van der Waals surface area contributed by atoms with Gasteiger partial charge in [0.2, 0.25) is 5.91 Å². The molecule has 0 radical (unpaired) electrons. The maximum absolute atomic E-state index is 13.5. The first-order valence-electron chi connectivity index (χ1n) is 9.70. The maximum atomic E-state index is 13.5. The standard InChI is InChI=1S/C22H22N2O6S/c1-31(27,28)30-15-22(21(26)24-12-11-17-9-5-6-10-18(17)24)13-19(20(25)23-22)29-14-16-7-3-2-4-8-16/h2-12,19H,13-15H2,1H3,(H,23,25)/t19-,22-/m0/s1. The number of fused-ring (bicyclic) bond motifs is 1. The first-order valence-corrected chi connectivity index (χ1v) is 11.5. The van der Waals surface area contributed by atoms with Crippen LogP contribution < -0.4 is 5.32 Å². The van der Waals surface area contributed by atoms with Crippen molar-refractivity contribution in [3.05, 3.63) is 72.4 Å². The van der Waals surface area contributed by atoms with Crippen LogP contribution in [0.1, 0.15) is 16.8 Å². The molecule has 1 aromatic heterocycles. The molecule has 4 rings (SSSR count). The molecule has 162 valence electrons. The van der Waals surface area contributed by atoms with E-state index in [1.807, 2.05) is 42.5 Å². The molecule has 8 nitrogen and oxygen atoms in total. The number of benzene rings is 2. The van der Waals surface area contributed by atoms with E-state index in [9.17, 15) is 18.0 Å². The highest BCUT2D eigenvalue weighted by Gasteiger charge is 2.52. The Morgan fingerprint density at radius 2 is 1.84 bits per heavy atom. The minimum atomic E-state index is -3.84. The highest BCUT2D eigenvalue weighted by molar-refractivity contribution is 7.86. The molecule has 1 aliphatic heterocycles. The van der Waals surface area contributed by atoms with Crippen LogP contribution in [0.25, 0.3) is 10.9 Å². The molecule has 2 aromatic carbocycles. The van der Waals surface area contributed by atoms with E-state index in [0.29, 0.717) is 5.52 Å². The van der Waals surface area contributed by atoms with Crippen LogP contribution in [-0.4, -0.2) is 49.3 Å². The second-order valence-corrected chi connectivity index (χ2v) is 9.22. The summed E-state index contributed by atoms with van der Waals surface area (Å²) >= 11 is 0. The monoisotopic (exact) mass is 442 g/mol. The fraction of sp³-hybridized carbons (Fsp3) is 0.273. The van der Waals surface area contributed by atoms with E-state index >= 15 is 0 Å². The smallest absolute Gasteiger partial charge is 0.264 e. The lowest BCUT2D eigenvalue weighted by atomic mass is 9.96. The highest BCUT2D eigenvalue weighted by atomic mass is 32.2. The normalized spacial score (nSPS) is 21.3. The summed E-state index contributed by atoms with van der Waals surface area (Å²) in [6, 6.07) is 18.4. The second-order valence-electron chi connectivity index (χ2n) is 7.58. The molecule has 3 aromatic rings. The van der Waals surface area contributed by atoms with Gasteiger partial charge in [0.1, 0.15) is 11.6 Å². The molecular formula is C22H22N2O6S. The van der Waals surface area contributed by atoms with Crippen LogP contribution >= 0.6 is 0 Å². The van der Waals surface area contributed by atoms with Crippen molar-refractivity contribution in [1.29, 1.82) is 0 Å². The van der Waals surface area contributed by atoms with Gasteiger partial charge in [-0.3, -0.25) is 18.3 Å². The second kappa shape index (κ2) is 8.26. The van der Waals surface area contributed by atoms with Crippen molar-refractivity contribution in [2.75, 3.05) is 12.9 Å². The Morgan fingerprint density at radius 1 is 1.13 bits per heavy atom. The summed E-state index contributed by atoms with van der Waals surface area (Å²) in [5, 5.41) is 3.50. The van der Waals surface area contributed by atoms with E-state index in [2.05, 4.69) is 5.32 Å². The van der Waals surface area contributed by atoms with Gasteiger partial charge in [-0.1, -0.05) is 48.5 Å². The molecule has 31 heavy (non-hydrogen) atoms. The Labute approximate surface area is 179 Å². The molecule has 1 saturated heterocycles. The maximum Gasteiger partial charge on any atom is 0.264 e. The van der Waals surface area contributed by atoms with Gasteiger partial charge in [0.25, 0.3) is 16.0 Å². The third-order valence-corrected chi connectivity index (χ3v) is 5.78. The molecule has 1 aliphatic rings. The molecular weight excluding hydrogens is 420 g/mol. The average Bonchev–Trinajstić information content (AvgIpc) is 3.32. The Balaban J connectivity index is 1.62. The van der Waals surface area contributed by atoms with Crippen molar-refractivity contribution >= 4 is 32.8 Å². The predicted molar refractivity (Wildman–Crippen MR) is 114 cm³/mol. The number of amides is 1. The number of para-hydroxylation sites is 1. The van der Waals surface area contributed by atoms with Gasteiger partial charge in [0.05, 0.1) is 25.0 Å². The summed E-state index contributed by atoms with van der Waals surface area (Å²) in [6.45, 7) is -0.337. The number of hydrogen-bond acceptors (Lipinski definition) is 6. The Hall–Kier alpha value is -3.01. The summed E-state index contributed by atoms with van der Waals surface area (Å²) in [5.41, 5.74) is -0.0550. The third-order valence-electron chi connectivity index (χ3n) is 5.23. The zero-order valence-corrected chi connectivity index (χ0v) is 17.7. The number of rotatable bonds is 7. The molecule has 2 heterocycles. The lowest BCUT2D eigenvalue weighted by Gasteiger charge is -2.27. The number of hydrogen-bond donors (Lipinski definition) is 1. The van der Waals surface area contributed by atoms with Gasteiger partial charge in [-0.2, -0.15) is 8.42 Å². The van der Waals surface area contributed by atoms with Gasteiger partial charge in [-0.15, -0.1) is 0 Å². The van der Waals surface area contributed by atoms with Crippen LogP contribution in [0.15, 0.2) is 66.9 Å². The van der Waals surface area contributed by atoms with Crippen molar-refractivity contribution in [1.82, 2.24) is 9.88 Å². The van der Waals surface area contributed by atoms with Crippen LogP contribution in [0.5, 0.6) is 0 Å². The topological polar surface area (TPSA) is 104 Å². The predicted octanol–water partition coefficient (Wildman–Crippen LogP) is 2.10. The molecule has 2 atom stereocenters. The van der Waals surface area contributed by atoms with Crippen molar-refractivity contribution < 1.29 is 26.9 Å². The van der Waals surface area contributed by atoms with Gasteiger partial charge in [-0.05, 0) is 17.7 Å². The lowest BCUT2D eigenvalue weighted by Crippen LogP contribution is -2.54. The van der Waals surface area contributed by atoms with Gasteiger partial charge in [0, 0.05) is 18.0 Å². The Bertz CT molecular complexity index is 1220. The summed E-state index contributed by atoms with van der Waals surface area (Å²) in [4.78, 5) is 26.2. The molecule has 9 heteroatoms. The highest BCUT2D eigenvalue weighted by Crippen LogP contribution is 2.29. The summed E-state index contributed by atoms with van der Waals surface area (Å²) in [7, 11) is -3.84. The molecule has 0 saturated carbocycles. The first kappa shape index (κ1) is 21.2. The van der Waals surface area contributed by atoms with E-state index in [1.165, 1.54) is 4.57 Å². The number of carbonyl (C=O) groups is 2. The van der Waals surface area contributed by atoms with Gasteiger partial charge >= 0.3 is 0 Å². The van der Waals surface area contributed by atoms with Crippen LogP contribution in [0, 0.1) is 0 Å². The summed E-state index contributed by atoms with van der Waals surface area (Å²) in [5.74, 6) is -0.977. The van der Waals surface area contributed by atoms with E-state index in [0.717, 1.165) is 17.2 Å². The minimum Gasteiger partial charge on any atom is -0.364 e. The molecule has 1 amide bonds. The van der Waals surface area contributed by atoms with Crippen LogP contribution in [0.3, 0.4) is 0 Å². The molecule has 0 aliphatic carbocycles. The number of nitrogens with zero attached hydrogens (tertiary/aromatic N) is 1. The quantitative estimate of drug-likeness (QED) is 0.562. The molecule has 1 N–H and O–H groups in total. The number of carbonyl (C=O) groups excluding carboxylic acids is 2. The molecule has 0 unspecified atom stereocenters. The van der Waals surface area contributed by atoms with E-state index < -0.39 is 40.2 Å². The Morgan fingerprint density at radius 3 is 2.58 bits per heavy atom. The van der Waals surface area contributed by atoms with E-state index in [-0.39, 0.29) is 13.0 Å². The number of nitrogens with one attached hydrogen (secondary N) is 1. The summed E-state index contributed by atoms with van der Waals surface area (Å²) in [6.07, 6.45) is 1.52. The Kier molecular flexibility index (Phi) is 5.65. The van der Waals surface area contributed by atoms with Crippen molar-refractivity contribution in [2.24, 2.45) is 0 Å². The van der Waals surface area contributed by atoms with Crippen molar-refractivity contribution in [3.8, 4) is 0 Å². The largest absolute Gasteiger partial charge is 0.364 e. The van der Waals surface area contributed by atoms with E-state index in [4.69, 9.17) is 8.92 Å². The van der Waals surface area contributed by atoms with Gasteiger partial charge < -0.3 is 10.1 Å². The first-order chi connectivity index (χ1) is 14.8. The SMILES string of the molecule is CS(=O)(=O)OC[C@]1(C(=O)n2ccc3ccccc32)C[C@H](OCc2ccccc2)C(=O)N1. The van der Waals surface area contributed by atoms with Gasteiger partial charge in [-0.25, -0.2) is 0 Å². The zero-order valence-electron chi connectivity index (χ0n) is 16.9.